The highest BCUT2D eigenvalue weighted by molar-refractivity contribution is 5.64. The van der Waals surface area contributed by atoms with Crippen molar-refractivity contribution in [3.05, 3.63) is 57.9 Å². The van der Waals surface area contributed by atoms with Crippen LogP contribution in [0.1, 0.15) is 25.0 Å². The van der Waals surface area contributed by atoms with Crippen LogP contribution in [0.25, 0.3) is 11.3 Å². The second-order valence-electron chi connectivity index (χ2n) is 5.42. The van der Waals surface area contributed by atoms with E-state index in [4.69, 9.17) is 5.26 Å². The van der Waals surface area contributed by atoms with E-state index in [1.165, 1.54) is 12.3 Å². The zero-order chi connectivity index (χ0) is 17.9. The Hall–Kier alpha value is -2.88. The van der Waals surface area contributed by atoms with Gasteiger partial charge in [-0.15, -0.1) is 0 Å². The molecule has 0 atom stereocenters. The lowest BCUT2D eigenvalue weighted by molar-refractivity contribution is -0.137. The molecule has 0 aliphatic carbocycles. The number of nitrogens with zero attached hydrogens (tertiary/aromatic N) is 3. The molecule has 4 nitrogen and oxygen atoms in total. The molecule has 0 spiro atoms. The van der Waals surface area contributed by atoms with Gasteiger partial charge < -0.3 is 0 Å². The first-order valence-electron chi connectivity index (χ1n) is 7.13. The number of aromatic nitrogens is 1. The van der Waals surface area contributed by atoms with Gasteiger partial charge in [0.1, 0.15) is 11.6 Å². The highest BCUT2D eigenvalue weighted by Crippen LogP contribution is 2.33. The van der Waals surface area contributed by atoms with E-state index in [2.05, 4.69) is 5.10 Å². The molecule has 0 aliphatic heterocycles. The number of nitriles is 1. The molecule has 0 saturated carbocycles. The van der Waals surface area contributed by atoms with Crippen LogP contribution in [0.3, 0.4) is 0 Å². The third kappa shape index (κ3) is 3.54. The minimum Gasteiger partial charge on any atom is -0.266 e. The molecule has 24 heavy (non-hydrogen) atoms. The van der Waals surface area contributed by atoms with E-state index in [0.29, 0.717) is 5.56 Å². The van der Waals surface area contributed by atoms with Crippen LogP contribution in [0, 0.1) is 17.2 Å². The molecule has 124 valence electrons. The Kier molecular flexibility index (Phi) is 4.88. The van der Waals surface area contributed by atoms with Crippen molar-refractivity contribution in [3.63, 3.8) is 0 Å². The summed E-state index contributed by atoms with van der Waals surface area (Å²) in [5.41, 5.74) is -2.95. The fourth-order valence-electron chi connectivity index (χ4n) is 2.06. The van der Waals surface area contributed by atoms with Crippen molar-refractivity contribution in [2.75, 3.05) is 0 Å². The molecule has 2 aromatic rings. The number of benzene rings is 1. The average Bonchev–Trinajstić information content (AvgIpc) is 2.52. The minimum absolute atomic E-state index is 0.0200. The van der Waals surface area contributed by atoms with Crippen LogP contribution in [0.4, 0.5) is 13.2 Å². The first-order valence-corrected chi connectivity index (χ1v) is 7.13. The van der Waals surface area contributed by atoms with Crippen molar-refractivity contribution >= 4 is 6.21 Å². The number of pyridine rings is 1. The second-order valence-corrected chi connectivity index (χ2v) is 5.42. The van der Waals surface area contributed by atoms with Gasteiger partial charge in [-0.25, -0.2) is 0 Å². The summed E-state index contributed by atoms with van der Waals surface area (Å²) in [5.74, 6) is -0.0200. The van der Waals surface area contributed by atoms with E-state index in [-0.39, 0.29) is 11.6 Å². The molecule has 0 saturated heterocycles. The van der Waals surface area contributed by atoms with E-state index < -0.39 is 22.9 Å². The van der Waals surface area contributed by atoms with Crippen molar-refractivity contribution in [1.82, 2.24) is 4.68 Å². The third-order valence-corrected chi connectivity index (χ3v) is 3.15. The molecule has 1 heterocycles. The van der Waals surface area contributed by atoms with Crippen LogP contribution in [-0.2, 0) is 6.18 Å². The fraction of sp³-hybridized carbons (Fsp3) is 0.235. The summed E-state index contributed by atoms with van der Waals surface area (Å²) in [4.78, 5) is 12.4. The largest absolute Gasteiger partial charge is 0.417 e. The van der Waals surface area contributed by atoms with Crippen LogP contribution in [0.2, 0.25) is 0 Å². The van der Waals surface area contributed by atoms with E-state index in [0.717, 1.165) is 10.7 Å². The molecule has 1 aromatic heterocycles. The van der Waals surface area contributed by atoms with Crippen LogP contribution in [0.5, 0.6) is 0 Å². The SMILES string of the molecule is CC(C)C=Nn1c(-c2ccccc2)cc(C(F)(F)F)c(C#N)c1=O. The summed E-state index contributed by atoms with van der Waals surface area (Å²) in [7, 11) is 0. The molecule has 7 heteroatoms. The van der Waals surface area contributed by atoms with Gasteiger partial charge in [-0.1, -0.05) is 44.2 Å². The predicted molar refractivity (Wildman–Crippen MR) is 84.6 cm³/mol. The summed E-state index contributed by atoms with van der Waals surface area (Å²) in [6.07, 6.45) is -3.38. The highest BCUT2D eigenvalue weighted by atomic mass is 19.4. The minimum atomic E-state index is -4.81. The number of rotatable bonds is 3. The molecule has 0 amide bonds. The van der Waals surface area contributed by atoms with Crippen LogP contribution < -0.4 is 5.56 Å². The molecular formula is C17H14F3N3O. The summed E-state index contributed by atoms with van der Waals surface area (Å²) >= 11 is 0. The van der Waals surface area contributed by atoms with Crippen molar-refractivity contribution in [3.8, 4) is 17.3 Å². The van der Waals surface area contributed by atoms with E-state index >= 15 is 0 Å². The lowest BCUT2D eigenvalue weighted by atomic mass is 10.0. The highest BCUT2D eigenvalue weighted by Gasteiger charge is 2.36. The van der Waals surface area contributed by atoms with Crippen molar-refractivity contribution in [1.29, 1.82) is 5.26 Å². The van der Waals surface area contributed by atoms with Gasteiger partial charge in [-0.2, -0.15) is 28.2 Å². The van der Waals surface area contributed by atoms with Gasteiger partial charge in [0.2, 0.25) is 0 Å². The molecule has 2 rings (SSSR count). The Balaban J connectivity index is 2.87. The normalized spacial score (nSPS) is 11.9. The number of halogens is 3. The number of hydrogen-bond acceptors (Lipinski definition) is 3. The Labute approximate surface area is 136 Å². The Morgan fingerprint density at radius 1 is 1.25 bits per heavy atom. The third-order valence-electron chi connectivity index (χ3n) is 3.15. The maximum Gasteiger partial charge on any atom is 0.417 e. The molecular weight excluding hydrogens is 319 g/mol. The quantitative estimate of drug-likeness (QED) is 0.800. The maximum absolute atomic E-state index is 13.2. The fourth-order valence-corrected chi connectivity index (χ4v) is 2.06. The van der Waals surface area contributed by atoms with E-state index in [1.807, 2.05) is 13.8 Å². The Morgan fingerprint density at radius 3 is 2.38 bits per heavy atom. The standard InChI is InChI=1S/C17H14F3N3O/c1-11(2)10-22-23-15(12-6-4-3-5-7-12)8-14(17(18,19)20)13(9-21)16(23)24/h3-8,10-11H,1-2H3. The van der Waals surface area contributed by atoms with Crippen LogP contribution >= 0.6 is 0 Å². The molecule has 0 fully saturated rings. The van der Waals surface area contributed by atoms with Crippen molar-refractivity contribution < 1.29 is 13.2 Å². The summed E-state index contributed by atoms with van der Waals surface area (Å²) in [6, 6.07) is 10.3. The Morgan fingerprint density at radius 2 is 1.88 bits per heavy atom. The van der Waals surface area contributed by atoms with E-state index in [1.54, 1.807) is 30.3 Å². The van der Waals surface area contributed by atoms with Gasteiger partial charge in [0.15, 0.2) is 0 Å². The monoisotopic (exact) mass is 333 g/mol. The maximum atomic E-state index is 13.2. The first kappa shape index (κ1) is 17.5. The topological polar surface area (TPSA) is 58.1 Å². The summed E-state index contributed by atoms with van der Waals surface area (Å²) in [5, 5.41) is 13.0. The van der Waals surface area contributed by atoms with Gasteiger partial charge in [0.05, 0.1) is 11.3 Å². The van der Waals surface area contributed by atoms with Gasteiger partial charge in [-0.3, -0.25) is 4.79 Å². The number of alkyl halides is 3. The number of hydrogen-bond donors (Lipinski definition) is 0. The van der Waals surface area contributed by atoms with Crippen molar-refractivity contribution in [2.24, 2.45) is 11.0 Å². The summed E-state index contributed by atoms with van der Waals surface area (Å²) in [6.45, 7) is 3.62. The lowest BCUT2D eigenvalue weighted by Crippen LogP contribution is -2.26. The molecule has 0 N–H and O–H groups in total. The Bertz CT molecular complexity index is 860. The van der Waals surface area contributed by atoms with Crippen molar-refractivity contribution in [2.45, 2.75) is 20.0 Å². The molecule has 0 radical (unpaired) electrons. The zero-order valence-electron chi connectivity index (χ0n) is 13.0. The van der Waals surface area contributed by atoms with Gasteiger partial charge in [0.25, 0.3) is 5.56 Å². The molecule has 0 unspecified atom stereocenters. The lowest BCUT2D eigenvalue weighted by Gasteiger charge is -2.14. The molecule has 1 aromatic carbocycles. The zero-order valence-corrected chi connectivity index (χ0v) is 13.0. The first-order chi connectivity index (χ1) is 11.3. The van der Waals surface area contributed by atoms with Gasteiger partial charge in [0, 0.05) is 11.8 Å². The predicted octanol–water partition coefficient (Wildman–Crippen LogP) is 3.90. The van der Waals surface area contributed by atoms with Gasteiger partial charge >= 0.3 is 6.18 Å². The van der Waals surface area contributed by atoms with Crippen LogP contribution in [0.15, 0.2) is 46.3 Å². The molecule has 0 aliphatic rings. The molecule has 0 bridgehead atoms. The smallest absolute Gasteiger partial charge is 0.266 e. The average molecular weight is 333 g/mol. The van der Waals surface area contributed by atoms with Gasteiger partial charge in [-0.05, 0) is 12.0 Å². The van der Waals surface area contributed by atoms with Crippen LogP contribution in [-0.4, -0.2) is 10.9 Å². The second kappa shape index (κ2) is 6.71. The van der Waals surface area contributed by atoms with E-state index in [9.17, 15) is 18.0 Å². The summed E-state index contributed by atoms with van der Waals surface area (Å²) < 4.78 is 40.5.